The van der Waals surface area contributed by atoms with E-state index >= 15 is 0 Å². The third-order valence-electron chi connectivity index (χ3n) is 3.21. The number of benzene rings is 1. The van der Waals surface area contributed by atoms with Gasteiger partial charge in [-0.1, -0.05) is 29.8 Å². The molecule has 2 rings (SSSR count). The highest BCUT2D eigenvalue weighted by atomic mass is 16.2. The Hall–Kier alpha value is -2.89. The Kier molecular flexibility index (Phi) is 5.30. The number of amides is 2. The molecule has 0 unspecified atom stereocenters. The zero-order valence-electron chi connectivity index (χ0n) is 13.5. The number of rotatable bonds is 4. The molecular weight excluding hydrogens is 292 g/mol. The minimum Gasteiger partial charge on any atom is -0.363 e. The van der Waals surface area contributed by atoms with E-state index in [4.69, 9.17) is 0 Å². The van der Waals surface area contributed by atoms with E-state index in [1.807, 2.05) is 50.2 Å². The van der Waals surface area contributed by atoms with E-state index in [-0.39, 0.29) is 0 Å². The van der Waals surface area contributed by atoms with Gasteiger partial charge >= 0.3 is 11.8 Å². The van der Waals surface area contributed by atoms with Crippen molar-refractivity contribution in [3.8, 4) is 0 Å². The fraction of sp³-hybridized carbons (Fsp3) is 0.235. The largest absolute Gasteiger partial charge is 0.363 e. The van der Waals surface area contributed by atoms with Crippen LogP contribution in [0.3, 0.4) is 0 Å². The third kappa shape index (κ3) is 4.81. The van der Waals surface area contributed by atoms with Crippen molar-refractivity contribution < 1.29 is 9.59 Å². The van der Waals surface area contributed by atoms with Gasteiger partial charge < -0.3 is 15.5 Å². The molecule has 120 valence electrons. The Labute approximate surface area is 135 Å². The SMILES string of the molecule is Cc1cccc(CNC(=O)C(=O)Nc2ccc(N(C)C)nc2)c1. The monoisotopic (exact) mass is 312 g/mol. The van der Waals surface area contributed by atoms with Crippen LogP contribution >= 0.6 is 0 Å². The fourth-order valence-corrected chi connectivity index (χ4v) is 2.00. The molecule has 0 saturated heterocycles. The molecule has 0 aliphatic heterocycles. The number of nitrogens with zero attached hydrogens (tertiary/aromatic N) is 2. The Bertz CT molecular complexity index is 696. The van der Waals surface area contributed by atoms with Crippen LogP contribution in [0, 0.1) is 6.92 Å². The molecular formula is C17H20N4O2. The molecule has 2 amide bonds. The zero-order chi connectivity index (χ0) is 16.8. The molecule has 6 heteroatoms. The molecule has 1 aromatic heterocycles. The highest BCUT2D eigenvalue weighted by molar-refractivity contribution is 6.39. The van der Waals surface area contributed by atoms with Crippen LogP contribution in [0.5, 0.6) is 0 Å². The zero-order valence-corrected chi connectivity index (χ0v) is 13.5. The van der Waals surface area contributed by atoms with E-state index in [0.29, 0.717) is 12.2 Å². The summed E-state index contributed by atoms with van der Waals surface area (Å²) in [5, 5.41) is 5.12. The van der Waals surface area contributed by atoms with Crippen LogP contribution in [0.4, 0.5) is 11.5 Å². The minimum atomic E-state index is -0.711. The summed E-state index contributed by atoms with van der Waals surface area (Å²) in [7, 11) is 3.75. The van der Waals surface area contributed by atoms with Crippen LogP contribution in [0.2, 0.25) is 0 Å². The average Bonchev–Trinajstić information content (AvgIpc) is 2.53. The van der Waals surface area contributed by atoms with Crippen LogP contribution < -0.4 is 15.5 Å². The summed E-state index contributed by atoms with van der Waals surface area (Å²) in [6.45, 7) is 2.29. The van der Waals surface area contributed by atoms with Gasteiger partial charge in [0.2, 0.25) is 0 Å². The standard InChI is InChI=1S/C17H20N4O2/c1-12-5-4-6-13(9-12)10-19-16(22)17(23)20-14-7-8-15(18-11-14)21(2)3/h4-9,11H,10H2,1-3H3,(H,19,22)(H,20,23). The molecule has 0 spiro atoms. The lowest BCUT2D eigenvalue weighted by Gasteiger charge is -2.11. The smallest absolute Gasteiger partial charge is 0.313 e. The number of nitrogens with one attached hydrogen (secondary N) is 2. The van der Waals surface area contributed by atoms with E-state index in [2.05, 4.69) is 15.6 Å². The molecule has 0 aliphatic rings. The first-order valence-electron chi connectivity index (χ1n) is 7.24. The topological polar surface area (TPSA) is 74.3 Å². The first-order valence-corrected chi connectivity index (χ1v) is 7.24. The van der Waals surface area contributed by atoms with Crippen molar-refractivity contribution in [1.29, 1.82) is 0 Å². The second-order valence-corrected chi connectivity index (χ2v) is 5.43. The molecule has 2 aromatic rings. The van der Waals surface area contributed by atoms with Crippen LogP contribution in [0.15, 0.2) is 42.6 Å². The number of carbonyl (C=O) groups excluding carboxylic acids is 2. The van der Waals surface area contributed by atoms with Crippen LogP contribution in [0.25, 0.3) is 0 Å². The van der Waals surface area contributed by atoms with Gasteiger partial charge in [0.1, 0.15) is 5.82 Å². The second kappa shape index (κ2) is 7.40. The molecule has 0 fully saturated rings. The summed E-state index contributed by atoms with van der Waals surface area (Å²) in [6, 6.07) is 11.2. The van der Waals surface area contributed by atoms with Crippen LogP contribution in [-0.4, -0.2) is 30.9 Å². The number of aryl methyl sites for hydroxylation is 1. The Balaban J connectivity index is 1.88. The van der Waals surface area contributed by atoms with Crippen molar-refractivity contribution >= 4 is 23.3 Å². The molecule has 23 heavy (non-hydrogen) atoms. The Morgan fingerprint density at radius 1 is 1.13 bits per heavy atom. The number of carbonyl (C=O) groups is 2. The minimum absolute atomic E-state index is 0.311. The van der Waals surface area contributed by atoms with Crippen molar-refractivity contribution in [2.24, 2.45) is 0 Å². The number of hydrogen-bond acceptors (Lipinski definition) is 4. The molecule has 0 aliphatic carbocycles. The normalized spacial score (nSPS) is 10.0. The molecule has 1 aromatic carbocycles. The average molecular weight is 312 g/mol. The Morgan fingerprint density at radius 2 is 1.91 bits per heavy atom. The summed E-state index contributed by atoms with van der Waals surface area (Å²) in [5.41, 5.74) is 2.53. The molecule has 0 saturated carbocycles. The van der Waals surface area contributed by atoms with E-state index in [1.54, 1.807) is 12.1 Å². The number of hydrogen-bond donors (Lipinski definition) is 2. The number of anilines is 2. The van der Waals surface area contributed by atoms with Gasteiger partial charge in [0, 0.05) is 20.6 Å². The Morgan fingerprint density at radius 3 is 2.52 bits per heavy atom. The van der Waals surface area contributed by atoms with Gasteiger partial charge in [-0.3, -0.25) is 9.59 Å². The molecule has 2 N–H and O–H groups in total. The number of aromatic nitrogens is 1. The second-order valence-electron chi connectivity index (χ2n) is 5.43. The maximum absolute atomic E-state index is 11.9. The van der Waals surface area contributed by atoms with Crippen molar-refractivity contribution in [3.05, 3.63) is 53.7 Å². The third-order valence-corrected chi connectivity index (χ3v) is 3.21. The van der Waals surface area contributed by atoms with Crippen molar-refractivity contribution in [3.63, 3.8) is 0 Å². The molecule has 1 heterocycles. The molecule has 0 atom stereocenters. The summed E-state index contributed by atoms with van der Waals surface area (Å²) in [5.74, 6) is -0.618. The highest BCUT2D eigenvalue weighted by Gasteiger charge is 2.13. The van der Waals surface area contributed by atoms with Gasteiger partial charge in [0.15, 0.2) is 0 Å². The molecule has 6 nitrogen and oxygen atoms in total. The maximum Gasteiger partial charge on any atom is 0.313 e. The van der Waals surface area contributed by atoms with Gasteiger partial charge in [-0.15, -0.1) is 0 Å². The summed E-state index contributed by atoms with van der Waals surface area (Å²) < 4.78 is 0. The van der Waals surface area contributed by atoms with Crippen molar-refractivity contribution in [2.75, 3.05) is 24.3 Å². The summed E-state index contributed by atoms with van der Waals surface area (Å²) in [4.78, 5) is 29.7. The van der Waals surface area contributed by atoms with E-state index in [0.717, 1.165) is 16.9 Å². The maximum atomic E-state index is 11.9. The van der Waals surface area contributed by atoms with Crippen molar-refractivity contribution in [1.82, 2.24) is 10.3 Å². The first-order chi connectivity index (χ1) is 11.0. The van der Waals surface area contributed by atoms with Gasteiger partial charge in [-0.05, 0) is 24.6 Å². The van der Waals surface area contributed by atoms with E-state index in [9.17, 15) is 9.59 Å². The van der Waals surface area contributed by atoms with Gasteiger partial charge in [-0.2, -0.15) is 0 Å². The fourth-order valence-electron chi connectivity index (χ4n) is 2.00. The first kappa shape index (κ1) is 16.5. The van der Waals surface area contributed by atoms with Gasteiger partial charge in [-0.25, -0.2) is 4.98 Å². The number of pyridine rings is 1. The highest BCUT2D eigenvalue weighted by Crippen LogP contribution is 2.11. The van der Waals surface area contributed by atoms with E-state index in [1.165, 1.54) is 6.20 Å². The summed E-state index contributed by atoms with van der Waals surface area (Å²) >= 11 is 0. The molecule has 0 bridgehead atoms. The van der Waals surface area contributed by atoms with Gasteiger partial charge in [0.05, 0.1) is 11.9 Å². The lowest BCUT2D eigenvalue weighted by Crippen LogP contribution is -2.35. The quantitative estimate of drug-likeness (QED) is 0.843. The lowest BCUT2D eigenvalue weighted by molar-refractivity contribution is -0.136. The van der Waals surface area contributed by atoms with Gasteiger partial charge in [0.25, 0.3) is 0 Å². The predicted molar refractivity (Wildman–Crippen MR) is 90.2 cm³/mol. The van der Waals surface area contributed by atoms with Crippen LogP contribution in [-0.2, 0) is 16.1 Å². The van der Waals surface area contributed by atoms with E-state index < -0.39 is 11.8 Å². The molecule has 0 radical (unpaired) electrons. The lowest BCUT2D eigenvalue weighted by atomic mass is 10.1. The van der Waals surface area contributed by atoms with Crippen LogP contribution in [0.1, 0.15) is 11.1 Å². The predicted octanol–water partition coefficient (Wildman–Crippen LogP) is 1.71. The summed E-state index contributed by atoms with van der Waals surface area (Å²) in [6.07, 6.45) is 1.51. The van der Waals surface area contributed by atoms with Crippen molar-refractivity contribution in [2.45, 2.75) is 13.5 Å².